The zero-order valence-corrected chi connectivity index (χ0v) is 23.1. The second-order valence-corrected chi connectivity index (χ2v) is 14.4. The molecule has 4 aliphatic carbocycles. The smallest absolute Gasteiger partial charge is 0.306 e. The Kier molecular flexibility index (Phi) is 6.39. The summed E-state index contributed by atoms with van der Waals surface area (Å²) >= 11 is 0. The Morgan fingerprint density at radius 2 is 1.81 bits per heavy atom. The van der Waals surface area contributed by atoms with Crippen LogP contribution in [0.5, 0.6) is 0 Å². The van der Waals surface area contributed by atoms with Crippen molar-refractivity contribution in [1.82, 2.24) is 4.90 Å². The van der Waals surface area contributed by atoms with Crippen LogP contribution in [0.4, 0.5) is 0 Å². The first-order valence-corrected chi connectivity index (χ1v) is 15.3. The minimum Gasteiger partial charge on any atom is -0.462 e. The molecular weight excluding hydrogens is 450 g/mol. The summed E-state index contributed by atoms with van der Waals surface area (Å²) in [6.45, 7) is 11.2. The summed E-state index contributed by atoms with van der Waals surface area (Å²) in [5, 5.41) is 11.9. The highest BCUT2D eigenvalue weighted by molar-refractivity contribution is 5.83. The Balaban J connectivity index is 1.22. The number of aliphatic hydroxyl groups is 1. The largest absolute Gasteiger partial charge is 0.462 e. The van der Waals surface area contributed by atoms with E-state index in [9.17, 15) is 14.7 Å². The summed E-state index contributed by atoms with van der Waals surface area (Å²) in [7, 11) is 0. The number of hydrogen-bond acceptors (Lipinski definition) is 5. The molecule has 12 atom stereocenters. The third-order valence-electron chi connectivity index (χ3n) is 12.5. The van der Waals surface area contributed by atoms with Gasteiger partial charge in [-0.15, -0.1) is 0 Å². The second-order valence-electron chi connectivity index (χ2n) is 14.4. The van der Waals surface area contributed by atoms with Gasteiger partial charge in [-0.25, -0.2) is 0 Å². The topological polar surface area (TPSA) is 66.8 Å². The molecule has 2 heterocycles. The van der Waals surface area contributed by atoms with Crippen LogP contribution in [-0.4, -0.2) is 52.6 Å². The van der Waals surface area contributed by atoms with Crippen molar-refractivity contribution in [3.63, 3.8) is 0 Å². The molecule has 2 aliphatic heterocycles. The average molecular weight is 500 g/mol. The molecule has 6 rings (SSSR count). The van der Waals surface area contributed by atoms with Crippen molar-refractivity contribution in [2.45, 2.75) is 116 Å². The molecule has 0 spiro atoms. The molecule has 6 aliphatic rings. The average Bonchev–Trinajstić information content (AvgIpc) is 3.20. The lowest BCUT2D eigenvalue weighted by atomic mass is 9.51. The van der Waals surface area contributed by atoms with Gasteiger partial charge in [-0.1, -0.05) is 20.8 Å². The van der Waals surface area contributed by atoms with E-state index in [2.05, 4.69) is 25.7 Å². The summed E-state index contributed by atoms with van der Waals surface area (Å²) in [4.78, 5) is 28.4. The van der Waals surface area contributed by atoms with E-state index in [1.54, 1.807) is 0 Å². The molecule has 0 bridgehead atoms. The lowest BCUT2D eigenvalue weighted by Gasteiger charge is -2.59. The van der Waals surface area contributed by atoms with Gasteiger partial charge in [0.2, 0.25) is 0 Å². The molecule has 0 aromatic rings. The van der Waals surface area contributed by atoms with Crippen molar-refractivity contribution in [3.05, 3.63) is 0 Å². The summed E-state index contributed by atoms with van der Waals surface area (Å²) in [6, 6.07) is 0.323. The number of esters is 1. The Labute approximate surface area is 218 Å². The maximum atomic E-state index is 13.6. The fraction of sp³-hybridized carbons (Fsp3) is 0.935. The molecule has 5 heteroatoms. The van der Waals surface area contributed by atoms with Gasteiger partial charge in [-0.3, -0.25) is 14.5 Å². The van der Waals surface area contributed by atoms with Gasteiger partial charge < -0.3 is 9.84 Å². The summed E-state index contributed by atoms with van der Waals surface area (Å²) in [5.74, 6) is 4.49. The SMILES string of the molecule is CCCC(=O)O[C@H]1CC[C@@]2(C)[C@H](C1)C(=O)C[C@H]1[C@@H]3CC[C@@H]4[C@@H](CN5C[C@@H](C)CC[C@H]5[C@@]4(C)O)[C@@H]3C[C@@H]12. The fourth-order valence-electron chi connectivity index (χ4n) is 10.9. The molecule has 2 saturated heterocycles. The van der Waals surface area contributed by atoms with E-state index in [4.69, 9.17) is 4.74 Å². The van der Waals surface area contributed by atoms with Gasteiger partial charge in [-0.05, 0) is 112 Å². The van der Waals surface area contributed by atoms with Crippen molar-refractivity contribution in [2.75, 3.05) is 13.1 Å². The predicted octanol–water partition coefficient (Wildman–Crippen LogP) is 5.24. The zero-order chi connectivity index (χ0) is 25.4. The van der Waals surface area contributed by atoms with Crippen LogP contribution in [0.1, 0.15) is 98.3 Å². The number of piperidine rings is 2. The normalized spacial score (nSPS) is 52.4. The number of ketones is 1. The summed E-state index contributed by atoms with van der Waals surface area (Å²) in [5.41, 5.74) is -0.551. The first kappa shape index (κ1) is 25.3. The molecule has 5 nitrogen and oxygen atoms in total. The molecule has 0 radical (unpaired) electrons. The molecule has 6 fully saturated rings. The minimum absolute atomic E-state index is 0.0415. The number of carbonyl (C=O) groups excluding carboxylic acids is 2. The van der Waals surface area contributed by atoms with Crippen LogP contribution in [-0.2, 0) is 14.3 Å². The van der Waals surface area contributed by atoms with E-state index in [0.29, 0.717) is 53.8 Å². The first-order chi connectivity index (χ1) is 17.1. The molecule has 0 unspecified atom stereocenters. The molecule has 0 aromatic heterocycles. The zero-order valence-electron chi connectivity index (χ0n) is 23.1. The van der Waals surface area contributed by atoms with Gasteiger partial charge in [0.05, 0.1) is 5.60 Å². The Morgan fingerprint density at radius 1 is 1.00 bits per heavy atom. The Hall–Kier alpha value is -0.940. The third-order valence-corrected chi connectivity index (χ3v) is 12.5. The van der Waals surface area contributed by atoms with Crippen LogP contribution < -0.4 is 0 Å². The molecule has 36 heavy (non-hydrogen) atoms. The van der Waals surface area contributed by atoms with E-state index < -0.39 is 5.60 Å². The maximum absolute atomic E-state index is 13.6. The highest BCUT2D eigenvalue weighted by Gasteiger charge is 2.64. The number of ether oxygens (including phenoxy) is 1. The Bertz CT molecular complexity index is 886. The van der Waals surface area contributed by atoms with Crippen LogP contribution in [0.15, 0.2) is 0 Å². The van der Waals surface area contributed by atoms with Gasteiger partial charge in [-0.2, -0.15) is 0 Å². The molecule has 1 N–H and O–H groups in total. The number of fused-ring (bicyclic) bond motifs is 8. The maximum Gasteiger partial charge on any atom is 0.306 e. The minimum atomic E-state index is -0.593. The van der Waals surface area contributed by atoms with E-state index >= 15 is 0 Å². The lowest BCUT2D eigenvalue weighted by molar-refractivity contribution is -0.175. The van der Waals surface area contributed by atoms with Gasteiger partial charge in [0, 0.05) is 37.9 Å². The Morgan fingerprint density at radius 3 is 2.58 bits per heavy atom. The summed E-state index contributed by atoms with van der Waals surface area (Å²) in [6.07, 6.45) is 10.5. The first-order valence-electron chi connectivity index (χ1n) is 15.3. The molecule has 4 saturated carbocycles. The number of nitrogens with zero attached hydrogens (tertiary/aromatic N) is 1. The number of Topliss-reactive ketones (excluding diaryl/α,β-unsaturated/α-hetero) is 1. The van der Waals surface area contributed by atoms with Crippen molar-refractivity contribution >= 4 is 11.8 Å². The molecule has 202 valence electrons. The van der Waals surface area contributed by atoms with Crippen molar-refractivity contribution in [3.8, 4) is 0 Å². The second kappa shape index (κ2) is 9.07. The molecule has 0 amide bonds. The molecule has 0 aromatic carbocycles. The van der Waals surface area contributed by atoms with E-state index in [-0.39, 0.29) is 23.4 Å². The van der Waals surface area contributed by atoms with Gasteiger partial charge in [0.15, 0.2) is 0 Å². The van der Waals surface area contributed by atoms with E-state index in [0.717, 1.165) is 64.0 Å². The molecular formula is C31H49NO4. The highest BCUT2D eigenvalue weighted by Crippen LogP contribution is 2.66. The fourth-order valence-corrected chi connectivity index (χ4v) is 10.9. The number of carbonyl (C=O) groups is 2. The van der Waals surface area contributed by atoms with Crippen LogP contribution in [0, 0.1) is 52.8 Å². The quantitative estimate of drug-likeness (QED) is 0.538. The highest BCUT2D eigenvalue weighted by atomic mass is 16.5. The van der Waals surface area contributed by atoms with Crippen LogP contribution in [0.25, 0.3) is 0 Å². The standard InChI is InChI=1S/C31H49NO4/c1-5-6-29(34)36-19-11-12-30(3)25-14-21-20(22(25)15-27(33)26(30)13-19)8-9-24-23(21)17-32-16-18(2)7-10-28(32)31(24,4)35/h18-26,28,35H,5-17H2,1-4H3/t18-,19-,20+,21+,22-,23-,24+,25-,26+,28-,30+,31-/m0/s1. The van der Waals surface area contributed by atoms with Gasteiger partial charge in [0.25, 0.3) is 0 Å². The van der Waals surface area contributed by atoms with E-state index in [1.807, 2.05) is 6.92 Å². The predicted molar refractivity (Wildman–Crippen MR) is 139 cm³/mol. The third kappa shape index (κ3) is 3.84. The van der Waals surface area contributed by atoms with Gasteiger partial charge >= 0.3 is 5.97 Å². The summed E-state index contributed by atoms with van der Waals surface area (Å²) < 4.78 is 5.81. The van der Waals surface area contributed by atoms with Crippen LogP contribution in [0.3, 0.4) is 0 Å². The van der Waals surface area contributed by atoms with Crippen LogP contribution >= 0.6 is 0 Å². The van der Waals surface area contributed by atoms with Crippen molar-refractivity contribution < 1.29 is 19.4 Å². The number of hydrogen-bond donors (Lipinski definition) is 1. The van der Waals surface area contributed by atoms with Crippen molar-refractivity contribution in [2.24, 2.45) is 52.8 Å². The monoisotopic (exact) mass is 499 g/mol. The van der Waals surface area contributed by atoms with Gasteiger partial charge in [0.1, 0.15) is 11.9 Å². The number of rotatable bonds is 3. The van der Waals surface area contributed by atoms with Crippen molar-refractivity contribution in [1.29, 1.82) is 0 Å². The van der Waals surface area contributed by atoms with E-state index in [1.165, 1.54) is 19.3 Å². The lowest BCUT2D eigenvalue weighted by Crippen LogP contribution is -2.67. The van der Waals surface area contributed by atoms with Crippen LogP contribution in [0.2, 0.25) is 0 Å².